The maximum Gasteiger partial charge on any atom is 0.248 e. The predicted octanol–water partition coefficient (Wildman–Crippen LogP) is 8.56. The first kappa shape index (κ1) is 20.3. The Morgan fingerprint density at radius 3 is 2.47 bits per heavy atom. The smallest absolute Gasteiger partial charge is 0.248 e. The van der Waals surface area contributed by atoms with E-state index < -0.39 is 5.92 Å². The molecule has 4 aromatic rings. The summed E-state index contributed by atoms with van der Waals surface area (Å²) in [7, 11) is 0. The van der Waals surface area contributed by atoms with Crippen LogP contribution in [-0.4, -0.2) is 10.9 Å². The van der Waals surface area contributed by atoms with E-state index in [1.54, 1.807) is 0 Å². The second kappa shape index (κ2) is 7.21. The number of aryl methyl sites for hydroxylation is 1. The molecule has 0 N–H and O–H groups in total. The fourth-order valence-electron chi connectivity index (χ4n) is 6.29. The molecule has 1 heterocycles. The largest absolute Gasteiger partial charge is 0.255 e. The highest BCUT2D eigenvalue weighted by Gasteiger charge is 2.40. The lowest BCUT2D eigenvalue weighted by Gasteiger charge is -2.17. The highest BCUT2D eigenvalue weighted by Crippen LogP contribution is 2.49. The zero-order chi connectivity index (χ0) is 23.0. The van der Waals surface area contributed by atoms with Gasteiger partial charge < -0.3 is 0 Å². The summed E-state index contributed by atoms with van der Waals surface area (Å²) < 4.78 is 27.9. The third-order valence-corrected chi connectivity index (χ3v) is 8.16. The zero-order valence-corrected chi connectivity index (χ0v) is 19.4. The molecule has 0 aliphatic heterocycles. The minimum absolute atomic E-state index is 0.00275. The standard InChI is InChI=1S/C31H27F2N/c1-18-12-25-23-5-3-2-4-21(23)15-27(25)28(13-18)30-24-9-8-20(22-10-11-31(32,33)16-22)14-26(24)29(17-34-30)19-6-7-19/h2-5,8-9,12-14,17,19,22H,6-7,10-11,15-16H2,1H3. The van der Waals surface area contributed by atoms with Gasteiger partial charge in [-0.2, -0.15) is 0 Å². The van der Waals surface area contributed by atoms with Gasteiger partial charge in [0.2, 0.25) is 5.92 Å². The van der Waals surface area contributed by atoms with Gasteiger partial charge in [0.25, 0.3) is 0 Å². The molecule has 1 unspecified atom stereocenters. The van der Waals surface area contributed by atoms with E-state index in [0.717, 1.165) is 23.1 Å². The molecule has 0 radical (unpaired) electrons. The fraction of sp³-hybridized carbons (Fsp3) is 0.323. The molecule has 0 bridgehead atoms. The van der Waals surface area contributed by atoms with Gasteiger partial charge in [0.05, 0.1) is 5.69 Å². The van der Waals surface area contributed by atoms with Crippen molar-refractivity contribution in [3.8, 4) is 22.4 Å². The third kappa shape index (κ3) is 3.20. The number of pyridine rings is 1. The Balaban J connectivity index is 1.41. The molecule has 3 aliphatic rings. The second-order valence-corrected chi connectivity index (χ2v) is 10.6. The molecular weight excluding hydrogens is 424 g/mol. The number of fused-ring (bicyclic) bond motifs is 4. The quantitative estimate of drug-likeness (QED) is 0.268. The number of nitrogens with zero attached hydrogens (tertiary/aromatic N) is 1. The number of aromatic nitrogens is 1. The molecule has 34 heavy (non-hydrogen) atoms. The summed E-state index contributed by atoms with van der Waals surface area (Å²) in [5.74, 6) is -2.03. The van der Waals surface area contributed by atoms with E-state index in [1.807, 2.05) is 0 Å². The van der Waals surface area contributed by atoms with Gasteiger partial charge >= 0.3 is 0 Å². The predicted molar refractivity (Wildman–Crippen MR) is 134 cm³/mol. The first-order valence-electron chi connectivity index (χ1n) is 12.5. The Bertz CT molecular complexity index is 1460. The maximum absolute atomic E-state index is 14.0. The average molecular weight is 452 g/mol. The molecule has 1 aromatic heterocycles. The Hall–Kier alpha value is -3.07. The Labute approximate surface area is 198 Å². The van der Waals surface area contributed by atoms with Crippen molar-refractivity contribution >= 4 is 10.8 Å². The molecule has 0 amide bonds. The summed E-state index contributed by atoms with van der Waals surface area (Å²) in [6, 6.07) is 19.7. The summed E-state index contributed by atoms with van der Waals surface area (Å²) >= 11 is 0. The second-order valence-electron chi connectivity index (χ2n) is 10.6. The lowest BCUT2D eigenvalue weighted by Crippen LogP contribution is -2.09. The number of hydrogen-bond acceptors (Lipinski definition) is 1. The number of alkyl halides is 2. The molecule has 1 nitrogen and oxygen atoms in total. The van der Waals surface area contributed by atoms with Crippen molar-refractivity contribution in [2.45, 2.75) is 63.2 Å². The summed E-state index contributed by atoms with van der Waals surface area (Å²) in [6.45, 7) is 2.16. The van der Waals surface area contributed by atoms with E-state index in [-0.39, 0.29) is 18.8 Å². The number of hydrogen-bond donors (Lipinski definition) is 0. The molecule has 3 heteroatoms. The topological polar surface area (TPSA) is 12.9 Å². The van der Waals surface area contributed by atoms with E-state index in [9.17, 15) is 8.78 Å². The lowest BCUT2D eigenvalue weighted by molar-refractivity contribution is 0.00777. The highest BCUT2D eigenvalue weighted by molar-refractivity contribution is 5.99. The van der Waals surface area contributed by atoms with Crippen LogP contribution in [0.3, 0.4) is 0 Å². The van der Waals surface area contributed by atoms with Crippen LogP contribution in [0.5, 0.6) is 0 Å². The van der Waals surface area contributed by atoms with Crippen LogP contribution in [-0.2, 0) is 6.42 Å². The SMILES string of the molecule is Cc1cc2c(c(-c3ncc(C4CC4)c4cc(C5CCC(F)(F)C5)ccc34)c1)Cc1ccccc1-2. The number of halogens is 2. The fourth-order valence-corrected chi connectivity index (χ4v) is 6.29. The zero-order valence-electron chi connectivity index (χ0n) is 19.4. The van der Waals surface area contributed by atoms with Crippen LogP contribution in [0.25, 0.3) is 33.2 Å². The first-order valence-corrected chi connectivity index (χ1v) is 12.5. The van der Waals surface area contributed by atoms with E-state index in [1.165, 1.54) is 57.2 Å². The normalized spacial score (nSPS) is 20.5. The van der Waals surface area contributed by atoms with E-state index in [2.05, 4.69) is 67.7 Å². The molecule has 170 valence electrons. The monoisotopic (exact) mass is 451 g/mol. The Morgan fingerprint density at radius 1 is 0.853 bits per heavy atom. The summed E-state index contributed by atoms with van der Waals surface area (Å²) in [6.07, 6.45) is 5.91. The molecule has 2 saturated carbocycles. The van der Waals surface area contributed by atoms with Gasteiger partial charge in [0.1, 0.15) is 0 Å². The summed E-state index contributed by atoms with van der Waals surface area (Å²) in [5, 5.41) is 2.37. The van der Waals surface area contributed by atoms with Crippen molar-refractivity contribution in [1.82, 2.24) is 4.98 Å². The number of benzene rings is 3. The molecule has 0 saturated heterocycles. The van der Waals surface area contributed by atoms with E-state index in [4.69, 9.17) is 4.98 Å². The molecule has 0 spiro atoms. The third-order valence-electron chi connectivity index (χ3n) is 8.16. The van der Waals surface area contributed by atoms with Crippen molar-refractivity contribution < 1.29 is 8.78 Å². The Morgan fingerprint density at radius 2 is 1.68 bits per heavy atom. The van der Waals surface area contributed by atoms with Gasteiger partial charge in [0.15, 0.2) is 0 Å². The minimum Gasteiger partial charge on any atom is -0.255 e. The van der Waals surface area contributed by atoms with Crippen molar-refractivity contribution in [2.75, 3.05) is 0 Å². The van der Waals surface area contributed by atoms with Crippen molar-refractivity contribution in [2.24, 2.45) is 0 Å². The van der Waals surface area contributed by atoms with Gasteiger partial charge in [-0.05, 0) is 94.8 Å². The Kier molecular flexibility index (Phi) is 4.31. The summed E-state index contributed by atoms with van der Waals surface area (Å²) in [4.78, 5) is 5.05. The van der Waals surface area contributed by atoms with Crippen LogP contribution in [0.2, 0.25) is 0 Å². The average Bonchev–Trinajstić information content (AvgIpc) is 3.51. The first-order chi connectivity index (χ1) is 16.5. The van der Waals surface area contributed by atoms with E-state index in [0.29, 0.717) is 12.3 Å². The summed E-state index contributed by atoms with van der Waals surface area (Å²) in [5.41, 5.74) is 11.2. The van der Waals surface area contributed by atoms with Gasteiger partial charge in [-0.25, -0.2) is 8.78 Å². The minimum atomic E-state index is -2.53. The van der Waals surface area contributed by atoms with Crippen LogP contribution in [0.4, 0.5) is 8.78 Å². The molecule has 1 atom stereocenters. The highest BCUT2D eigenvalue weighted by atomic mass is 19.3. The van der Waals surface area contributed by atoms with Crippen LogP contribution in [0, 0.1) is 6.92 Å². The van der Waals surface area contributed by atoms with Crippen LogP contribution >= 0.6 is 0 Å². The molecular formula is C31H27F2N. The van der Waals surface area contributed by atoms with Gasteiger partial charge in [0, 0.05) is 30.0 Å². The molecule has 2 fully saturated rings. The van der Waals surface area contributed by atoms with Crippen LogP contribution in [0.15, 0.2) is 60.8 Å². The van der Waals surface area contributed by atoms with Crippen molar-refractivity contribution in [3.63, 3.8) is 0 Å². The van der Waals surface area contributed by atoms with E-state index >= 15 is 0 Å². The van der Waals surface area contributed by atoms with Crippen molar-refractivity contribution in [3.05, 3.63) is 88.6 Å². The maximum atomic E-state index is 14.0. The van der Waals surface area contributed by atoms with Gasteiger partial charge in [-0.15, -0.1) is 0 Å². The number of rotatable bonds is 3. The lowest BCUT2D eigenvalue weighted by atomic mass is 9.89. The molecule has 7 rings (SSSR count). The van der Waals surface area contributed by atoms with Crippen molar-refractivity contribution in [1.29, 1.82) is 0 Å². The van der Waals surface area contributed by atoms with Crippen LogP contribution < -0.4 is 0 Å². The molecule has 3 aliphatic carbocycles. The van der Waals surface area contributed by atoms with Gasteiger partial charge in [-0.1, -0.05) is 48.5 Å². The molecule has 3 aromatic carbocycles. The van der Waals surface area contributed by atoms with Gasteiger partial charge in [-0.3, -0.25) is 4.98 Å². The van der Waals surface area contributed by atoms with Crippen LogP contribution in [0.1, 0.15) is 71.8 Å².